The van der Waals surface area contributed by atoms with Crippen molar-refractivity contribution in [2.75, 3.05) is 25.6 Å². The van der Waals surface area contributed by atoms with Crippen LogP contribution in [0.2, 0.25) is 0 Å². The van der Waals surface area contributed by atoms with Gasteiger partial charge in [-0.15, -0.1) is 0 Å². The van der Waals surface area contributed by atoms with E-state index in [1.54, 1.807) is 7.11 Å². The summed E-state index contributed by atoms with van der Waals surface area (Å²) in [4.78, 5) is 22.3. The van der Waals surface area contributed by atoms with E-state index in [1.807, 2.05) is 13.0 Å². The van der Waals surface area contributed by atoms with Crippen molar-refractivity contribution >= 4 is 23.1 Å². The second kappa shape index (κ2) is 8.56. The molecule has 1 fully saturated rings. The van der Waals surface area contributed by atoms with E-state index in [9.17, 15) is 0 Å². The molecule has 9 heteroatoms. The quantitative estimate of drug-likeness (QED) is 0.621. The zero-order chi connectivity index (χ0) is 21.1. The Labute approximate surface area is 174 Å². The minimum Gasteiger partial charge on any atom is -0.491 e. The van der Waals surface area contributed by atoms with Gasteiger partial charge in [0.05, 0.1) is 19.2 Å². The monoisotopic (exact) mass is 410 g/mol. The predicted molar refractivity (Wildman–Crippen MR) is 114 cm³/mol. The van der Waals surface area contributed by atoms with Crippen LogP contribution in [0.25, 0.3) is 22.6 Å². The number of carbonyl (C=O) groups excluding carboxylic acids is 1. The predicted octanol–water partition coefficient (Wildman–Crippen LogP) is 2.52. The van der Waals surface area contributed by atoms with Crippen LogP contribution in [0.15, 0.2) is 18.2 Å². The molecule has 1 aliphatic heterocycles. The highest BCUT2D eigenvalue weighted by atomic mass is 16.5. The summed E-state index contributed by atoms with van der Waals surface area (Å²) in [5, 5.41) is 3.54. The van der Waals surface area contributed by atoms with E-state index in [0.29, 0.717) is 12.6 Å². The van der Waals surface area contributed by atoms with Crippen LogP contribution < -0.4 is 20.5 Å². The lowest BCUT2D eigenvalue weighted by atomic mass is 10.2. The van der Waals surface area contributed by atoms with Gasteiger partial charge in [-0.1, -0.05) is 0 Å². The van der Waals surface area contributed by atoms with E-state index in [4.69, 9.17) is 19.3 Å². The van der Waals surface area contributed by atoms with E-state index in [2.05, 4.69) is 37.7 Å². The Morgan fingerprint density at radius 1 is 1.30 bits per heavy atom. The van der Waals surface area contributed by atoms with Gasteiger partial charge in [0.1, 0.15) is 17.0 Å². The number of rotatable bonds is 5. The minimum atomic E-state index is 0.250. The van der Waals surface area contributed by atoms with Crippen LogP contribution >= 0.6 is 0 Å². The number of carbonyl (C=O) groups is 1. The van der Waals surface area contributed by atoms with E-state index in [0.717, 1.165) is 65.1 Å². The summed E-state index contributed by atoms with van der Waals surface area (Å²) in [6, 6.07) is 6.53. The number of benzene rings is 1. The van der Waals surface area contributed by atoms with Gasteiger partial charge in [0.25, 0.3) is 0 Å². The van der Waals surface area contributed by atoms with Gasteiger partial charge in [-0.05, 0) is 44.2 Å². The number of methoxy groups -OCH3 is 1. The smallest absolute Gasteiger partial charge is 0.316 e. The Hall–Kier alpha value is -3.36. The highest BCUT2D eigenvalue weighted by molar-refractivity contribution is 5.89. The molecule has 3 aromatic rings. The highest BCUT2D eigenvalue weighted by Gasteiger charge is 2.23. The molecule has 2 aromatic heterocycles. The Morgan fingerprint density at radius 3 is 2.83 bits per heavy atom. The molecule has 9 nitrogen and oxygen atoms in total. The SMILES string of the molecule is COc1nc(C)cc(-c2nc3cc(NCC4CC4)cc4c3n2CCCO4)n1.NC=O. The number of hydrogen-bond donors (Lipinski definition) is 2. The maximum absolute atomic E-state index is 8.58. The molecule has 0 radical (unpaired) electrons. The van der Waals surface area contributed by atoms with Crippen molar-refractivity contribution in [1.29, 1.82) is 0 Å². The summed E-state index contributed by atoms with van der Waals surface area (Å²) in [5.74, 6) is 2.53. The lowest BCUT2D eigenvalue weighted by Crippen LogP contribution is -2.04. The third kappa shape index (κ3) is 4.14. The Balaban J connectivity index is 0.000000687. The van der Waals surface area contributed by atoms with Gasteiger partial charge in [0.2, 0.25) is 6.41 Å². The van der Waals surface area contributed by atoms with Crippen molar-refractivity contribution < 1.29 is 14.3 Å². The molecule has 1 aromatic carbocycles. The molecule has 0 bridgehead atoms. The van der Waals surface area contributed by atoms with E-state index >= 15 is 0 Å². The molecular weight excluding hydrogens is 384 g/mol. The lowest BCUT2D eigenvalue weighted by Gasteiger charge is -2.10. The number of nitrogens with one attached hydrogen (secondary N) is 1. The largest absolute Gasteiger partial charge is 0.491 e. The van der Waals surface area contributed by atoms with Crippen molar-refractivity contribution in [1.82, 2.24) is 19.5 Å². The summed E-state index contributed by atoms with van der Waals surface area (Å²) in [6.07, 6.45) is 3.83. The van der Waals surface area contributed by atoms with Crippen LogP contribution in [0.4, 0.5) is 5.69 Å². The molecule has 30 heavy (non-hydrogen) atoms. The van der Waals surface area contributed by atoms with Crippen molar-refractivity contribution in [3.05, 3.63) is 23.9 Å². The minimum absolute atomic E-state index is 0.250. The number of primary amides is 1. The first-order valence-electron chi connectivity index (χ1n) is 10.1. The second-order valence-electron chi connectivity index (χ2n) is 7.47. The molecule has 3 N–H and O–H groups in total. The molecular formula is C21H26N6O3. The number of anilines is 1. The van der Waals surface area contributed by atoms with Gasteiger partial charge < -0.3 is 25.1 Å². The molecule has 0 saturated heterocycles. The summed E-state index contributed by atoms with van der Waals surface area (Å²) < 4.78 is 13.5. The van der Waals surface area contributed by atoms with Gasteiger partial charge >= 0.3 is 6.01 Å². The van der Waals surface area contributed by atoms with E-state index in [-0.39, 0.29) is 6.41 Å². The number of aromatic nitrogens is 4. The fourth-order valence-corrected chi connectivity index (χ4v) is 3.59. The molecule has 0 spiro atoms. The normalized spacial score (nSPS) is 14.9. The first-order valence-corrected chi connectivity index (χ1v) is 10.1. The molecule has 0 unspecified atom stereocenters. The van der Waals surface area contributed by atoms with Gasteiger partial charge in [-0.2, -0.15) is 4.98 Å². The van der Waals surface area contributed by atoms with Crippen molar-refractivity contribution in [2.45, 2.75) is 32.7 Å². The Kier molecular flexibility index (Phi) is 5.69. The summed E-state index contributed by atoms with van der Waals surface area (Å²) in [6.45, 7) is 4.50. The number of amides is 1. The third-order valence-electron chi connectivity index (χ3n) is 5.13. The number of aryl methyl sites for hydroxylation is 2. The molecule has 2 aliphatic rings. The van der Waals surface area contributed by atoms with E-state index in [1.165, 1.54) is 12.8 Å². The van der Waals surface area contributed by atoms with Gasteiger partial charge in [-0.25, -0.2) is 9.97 Å². The Bertz CT molecular complexity index is 1060. The molecule has 1 saturated carbocycles. The number of hydrogen-bond acceptors (Lipinski definition) is 7. The third-order valence-corrected chi connectivity index (χ3v) is 5.13. The van der Waals surface area contributed by atoms with Crippen LogP contribution in [0, 0.1) is 12.8 Å². The average molecular weight is 410 g/mol. The first-order chi connectivity index (χ1) is 14.6. The molecule has 5 rings (SSSR count). The van der Waals surface area contributed by atoms with Crippen LogP contribution in [-0.2, 0) is 11.3 Å². The van der Waals surface area contributed by atoms with Crippen LogP contribution in [-0.4, -0.2) is 46.2 Å². The van der Waals surface area contributed by atoms with Crippen LogP contribution in [0.3, 0.4) is 0 Å². The number of imidazole rings is 1. The maximum Gasteiger partial charge on any atom is 0.316 e. The average Bonchev–Trinajstić information content (AvgIpc) is 3.52. The summed E-state index contributed by atoms with van der Waals surface area (Å²) >= 11 is 0. The van der Waals surface area contributed by atoms with Gasteiger partial charge in [0.15, 0.2) is 5.82 Å². The number of nitrogens with zero attached hydrogens (tertiary/aromatic N) is 4. The number of nitrogens with two attached hydrogens (primary N) is 1. The molecule has 3 heterocycles. The van der Waals surface area contributed by atoms with Gasteiger partial charge in [-0.3, -0.25) is 4.79 Å². The van der Waals surface area contributed by atoms with Crippen molar-refractivity contribution in [3.63, 3.8) is 0 Å². The van der Waals surface area contributed by atoms with Gasteiger partial charge in [0, 0.05) is 30.5 Å². The zero-order valence-electron chi connectivity index (χ0n) is 17.2. The fourth-order valence-electron chi connectivity index (χ4n) is 3.59. The number of ether oxygens (including phenoxy) is 2. The first kappa shape index (κ1) is 19.9. The molecule has 0 atom stereocenters. The second-order valence-corrected chi connectivity index (χ2v) is 7.47. The lowest BCUT2D eigenvalue weighted by molar-refractivity contribution is -0.106. The zero-order valence-corrected chi connectivity index (χ0v) is 17.2. The fraction of sp³-hybridized carbons (Fsp3) is 0.429. The van der Waals surface area contributed by atoms with Crippen LogP contribution in [0.1, 0.15) is 25.0 Å². The summed E-state index contributed by atoms with van der Waals surface area (Å²) in [7, 11) is 1.58. The maximum atomic E-state index is 8.58. The molecule has 1 aliphatic carbocycles. The van der Waals surface area contributed by atoms with Crippen molar-refractivity contribution in [3.8, 4) is 23.3 Å². The highest BCUT2D eigenvalue weighted by Crippen LogP contribution is 2.36. The van der Waals surface area contributed by atoms with Crippen molar-refractivity contribution in [2.24, 2.45) is 11.7 Å². The molecule has 1 amide bonds. The summed E-state index contributed by atoms with van der Waals surface area (Å²) in [5.41, 5.74) is 8.83. The Morgan fingerprint density at radius 2 is 2.10 bits per heavy atom. The topological polar surface area (TPSA) is 117 Å². The molecule has 158 valence electrons. The van der Waals surface area contributed by atoms with E-state index < -0.39 is 0 Å². The van der Waals surface area contributed by atoms with Crippen LogP contribution in [0.5, 0.6) is 11.8 Å². The standard InChI is InChI=1S/C20H23N5O2.CH3NO/c1-12-8-16(24-20(22-12)26-2)19-23-15-9-14(21-11-13-4-5-13)10-17-18(15)25(19)6-3-7-27-17;2-1-3/h8-10,13,21H,3-7,11H2,1-2H3;1H,(H2,2,3).